The average Bonchev–Trinajstić information content (AvgIpc) is 2.98. The summed E-state index contributed by atoms with van der Waals surface area (Å²) in [5, 5.41) is 0.0753. The van der Waals surface area contributed by atoms with Gasteiger partial charge in [-0.3, -0.25) is 4.79 Å². The summed E-state index contributed by atoms with van der Waals surface area (Å²) in [6.45, 7) is 0. The van der Waals surface area contributed by atoms with Gasteiger partial charge in [0.1, 0.15) is 10.6 Å². The van der Waals surface area contributed by atoms with Crippen molar-refractivity contribution in [3.05, 3.63) is 58.6 Å². The van der Waals surface area contributed by atoms with Crippen LogP contribution in [0.2, 0.25) is 5.02 Å². The quantitative estimate of drug-likeness (QED) is 0.904. The zero-order valence-corrected chi connectivity index (χ0v) is 14.5. The zero-order chi connectivity index (χ0) is 17.3. The predicted octanol–water partition coefficient (Wildman–Crippen LogP) is 2.88. The minimum atomic E-state index is -4.01. The van der Waals surface area contributed by atoms with E-state index >= 15 is 0 Å². The fraction of sp³-hybridized carbons (Fsp3) is 0.235. The van der Waals surface area contributed by atoms with Crippen LogP contribution in [0.25, 0.3) is 0 Å². The molecule has 0 fully saturated rings. The number of rotatable bonds is 4. The topological polar surface area (TPSA) is 72.5 Å². The van der Waals surface area contributed by atoms with Crippen LogP contribution in [0.3, 0.4) is 0 Å². The molecule has 1 N–H and O–H groups in total. The number of ether oxygens (including phenoxy) is 1. The van der Waals surface area contributed by atoms with E-state index in [1.54, 1.807) is 25.3 Å². The van der Waals surface area contributed by atoms with Gasteiger partial charge in [0.15, 0.2) is 0 Å². The van der Waals surface area contributed by atoms with Crippen molar-refractivity contribution >= 4 is 27.5 Å². The molecule has 1 unspecified atom stereocenters. The minimum absolute atomic E-state index is 0.0753. The third-order valence-electron chi connectivity index (χ3n) is 4.13. The average molecular weight is 366 g/mol. The van der Waals surface area contributed by atoms with Gasteiger partial charge in [0.25, 0.3) is 10.0 Å². The second-order valence-corrected chi connectivity index (χ2v) is 7.58. The van der Waals surface area contributed by atoms with Gasteiger partial charge in [-0.2, -0.15) is 0 Å². The minimum Gasteiger partial charge on any atom is -0.496 e. The molecular formula is C17H16ClNO4S. The molecule has 1 aliphatic carbocycles. The Balaban J connectivity index is 1.87. The maximum Gasteiger partial charge on any atom is 0.265 e. The molecule has 0 bridgehead atoms. The van der Waals surface area contributed by atoms with Gasteiger partial charge in [-0.05, 0) is 42.2 Å². The molecule has 0 spiro atoms. The first kappa shape index (κ1) is 16.8. The normalized spacial score (nSPS) is 16.5. The number of fused-ring (bicyclic) bond motifs is 1. The molecule has 2 aromatic carbocycles. The Morgan fingerprint density at radius 3 is 2.67 bits per heavy atom. The highest BCUT2D eigenvalue weighted by atomic mass is 35.5. The van der Waals surface area contributed by atoms with Crippen LogP contribution in [0.4, 0.5) is 0 Å². The van der Waals surface area contributed by atoms with E-state index in [4.69, 9.17) is 16.3 Å². The lowest BCUT2D eigenvalue weighted by atomic mass is 10.0. The maximum absolute atomic E-state index is 12.5. The van der Waals surface area contributed by atoms with E-state index in [-0.39, 0.29) is 9.92 Å². The number of nitrogens with one attached hydrogen (secondary N) is 1. The second-order valence-electron chi connectivity index (χ2n) is 5.52. The monoisotopic (exact) mass is 365 g/mol. The summed E-state index contributed by atoms with van der Waals surface area (Å²) in [6.07, 6.45) is 1.21. The third-order valence-corrected chi connectivity index (χ3v) is 5.97. The summed E-state index contributed by atoms with van der Waals surface area (Å²) in [5.74, 6) is -0.356. The molecule has 2 aromatic rings. The van der Waals surface area contributed by atoms with Crippen molar-refractivity contribution in [2.45, 2.75) is 23.7 Å². The Labute approximate surface area is 145 Å². The first-order valence-corrected chi connectivity index (χ1v) is 9.27. The van der Waals surface area contributed by atoms with Crippen LogP contribution < -0.4 is 9.46 Å². The number of sulfonamides is 1. The van der Waals surface area contributed by atoms with Crippen molar-refractivity contribution in [1.82, 2.24) is 4.72 Å². The number of hydrogen-bond acceptors (Lipinski definition) is 4. The molecule has 1 amide bonds. The molecule has 24 heavy (non-hydrogen) atoms. The van der Waals surface area contributed by atoms with Gasteiger partial charge in [0.2, 0.25) is 5.91 Å². The van der Waals surface area contributed by atoms with E-state index in [0.29, 0.717) is 12.8 Å². The zero-order valence-electron chi connectivity index (χ0n) is 13.0. The van der Waals surface area contributed by atoms with Crippen LogP contribution in [0.5, 0.6) is 5.75 Å². The van der Waals surface area contributed by atoms with E-state index < -0.39 is 21.8 Å². The molecule has 5 nitrogen and oxygen atoms in total. The van der Waals surface area contributed by atoms with Gasteiger partial charge in [0, 0.05) is 0 Å². The van der Waals surface area contributed by atoms with Gasteiger partial charge in [-0.25, -0.2) is 13.1 Å². The van der Waals surface area contributed by atoms with Gasteiger partial charge in [0.05, 0.1) is 18.1 Å². The van der Waals surface area contributed by atoms with E-state index in [0.717, 1.165) is 16.9 Å². The SMILES string of the molecule is COc1cccc2c1CCC2C(=O)NS(=O)(=O)c1ccccc1Cl. The number of carbonyl (C=O) groups is 1. The Morgan fingerprint density at radius 1 is 1.21 bits per heavy atom. The summed E-state index contributed by atoms with van der Waals surface area (Å²) >= 11 is 5.93. The van der Waals surface area contributed by atoms with Crippen molar-refractivity contribution in [2.75, 3.05) is 7.11 Å². The number of carbonyl (C=O) groups excluding carboxylic acids is 1. The summed E-state index contributed by atoms with van der Waals surface area (Å²) in [5.41, 5.74) is 1.76. The molecule has 1 atom stereocenters. The summed E-state index contributed by atoms with van der Waals surface area (Å²) in [4.78, 5) is 12.4. The lowest BCUT2D eigenvalue weighted by Gasteiger charge is -2.14. The molecule has 1 aliphatic rings. The van der Waals surface area contributed by atoms with Crippen molar-refractivity contribution in [1.29, 1.82) is 0 Å². The molecule has 0 heterocycles. The molecule has 0 saturated heterocycles. The van der Waals surface area contributed by atoms with Crippen molar-refractivity contribution in [2.24, 2.45) is 0 Å². The summed E-state index contributed by atoms with van der Waals surface area (Å²) in [6, 6.07) is 11.5. The Morgan fingerprint density at radius 2 is 1.96 bits per heavy atom. The van der Waals surface area contributed by atoms with Gasteiger partial charge < -0.3 is 4.74 Å². The van der Waals surface area contributed by atoms with Crippen molar-refractivity contribution in [3.63, 3.8) is 0 Å². The predicted molar refractivity (Wildman–Crippen MR) is 90.8 cm³/mol. The van der Waals surface area contributed by atoms with Crippen LogP contribution in [-0.2, 0) is 21.2 Å². The van der Waals surface area contributed by atoms with Crippen molar-refractivity contribution < 1.29 is 17.9 Å². The molecule has 3 rings (SSSR count). The van der Waals surface area contributed by atoms with Crippen molar-refractivity contribution in [3.8, 4) is 5.75 Å². The number of methoxy groups -OCH3 is 1. The molecular weight excluding hydrogens is 350 g/mol. The first-order valence-electron chi connectivity index (χ1n) is 7.41. The highest BCUT2D eigenvalue weighted by Gasteiger charge is 2.33. The van der Waals surface area contributed by atoms with Crippen LogP contribution in [-0.4, -0.2) is 21.4 Å². The highest BCUT2D eigenvalue weighted by Crippen LogP contribution is 2.38. The number of amides is 1. The largest absolute Gasteiger partial charge is 0.496 e. The van der Waals surface area contributed by atoms with E-state index in [9.17, 15) is 13.2 Å². The number of benzene rings is 2. The Kier molecular flexibility index (Phi) is 4.51. The first-order chi connectivity index (χ1) is 11.4. The highest BCUT2D eigenvalue weighted by molar-refractivity contribution is 7.90. The number of hydrogen-bond donors (Lipinski definition) is 1. The molecule has 0 saturated carbocycles. The second kappa shape index (κ2) is 6.45. The smallest absolute Gasteiger partial charge is 0.265 e. The molecule has 126 valence electrons. The van der Waals surface area contributed by atoms with Crippen LogP contribution in [0.1, 0.15) is 23.5 Å². The molecule has 0 aromatic heterocycles. The van der Waals surface area contributed by atoms with Crippen LogP contribution in [0.15, 0.2) is 47.4 Å². The lowest BCUT2D eigenvalue weighted by Crippen LogP contribution is -2.34. The fourth-order valence-electron chi connectivity index (χ4n) is 3.01. The van der Waals surface area contributed by atoms with E-state index in [1.807, 2.05) is 12.1 Å². The van der Waals surface area contributed by atoms with Crippen LogP contribution in [0, 0.1) is 0 Å². The van der Waals surface area contributed by atoms with E-state index in [2.05, 4.69) is 4.72 Å². The number of halogens is 1. The summed E-state index contributed by atoms with van der Waals surface area (Å²) in [7, 11) is -2.43. The van der Waals surface area contributed by atoms with Crippen LogP contribution >= 0.6 is 11.6 Å². The molecule has 7 heteroatoms. The maximum atomic E-state index is 12.5. The van der Waals surface area contributed by atoms with E-state index in [1.165, 1.54) is 12.1 Å². The molecule has 0 aliphatic heterocycles. The van der Waals surface area contributed by atoms with Gasteiger partial charge >= 0.3 is 0 Å². The standard InChI is InChI=1S/C17H16ClNO4S/c1-23-15-7-4-5-11-12(15)9-10-13(11)17(20)19-24(21,22)16-8-3-2-6-14(16)18/h2-8,13H,9-10H2,1H3,(H,19,20). The lowest BCUT2D eigenvalue weighted by molar-refractivity contribution is -0.120. The third kappa shape index (κ3) is 2.99. The molecule has 0 radical (unpaired) electrons. The fourth-order valence-corrected chi connectivity index (χ4v) is 4.55. The van der Waals surface area contributed by atoms with Gasteiger partial charge in [-0.1, -0.05) is 35.9 Å². The van der Waals surface area contributed by atoms with Gasteiger partial charge in [-0.15, -0.1) is 0 Å². The summed E-state index contributed by atoms with van der Waals surface area (Å²) < 4.78 is 32.3. The Bertz CT molecular complexity index is 895. The Hall–Kier alpha value is -2.05.